The molecule has 0 fully saturated rings. The Labute approximate surface area is 143 Å². The number of nitrogen functional groups attached to an aromatic ring is 1. The third kappa shape index (κ3) is 2.70. The molecule has 0 amide bonds. The number of aromatic nitrogens is 1. The topological polar surface area (TPSA) is 114 Å². The summed E-state index contributed by atoms with van der Waals surface area (Å²) in [5.41, 5.74) is 8.73. The van der Waals surface area contributed by atoms with Crippen molar-refractivity contribution < 1.29 is 13.9 Å². The van der Waals surface area contributed by atoms with Crippen LogP contribution in [0, 0.1) is 11.3 Å². The maximum atomic E-state index is 11.3. The number of nitrogens with zero attached hydrogens (tertiary/aromatic N) is 2. The number of hydrogen-bond acceptors (Lipinski definition) is 8. The molecule has 3 N–H and O–H groups in total. The van der Waals surface area contributed by atoms with E-state index >= 15 is 0 Å². The summed E-state index contributed by atoms with van der Waals surface area (Å²) in [6.45, 7) is 2.04. The van der Waals surface area contributed by atoms with Crippen molar-refractivity contribution in [2.45, 2.75) is 12.2 Å². The van der Waals surface area contributed by atoms with E-state index in [9.17, 15) is 4.79 Å². The molecule has 7 nitrogen and oxygen atoms in total. The van der Waals surface area contributed by atoms with Crippen molar-refractivity contribution in [3.63, 3.8) is 0 Å². The van der Waals surface area contributed by atoms with Gasteiger partial charge in [-0.3, -0.25) is 0 Å². The van der Waals surface area contributed by atoms with Crippen molar-refractivity contribution in [3.05, 3.63) is 47.1 Å². The number of thiol groups is 1. The molecule has 2 aromatic heterocycles. The van der Waals surface area contributed by atoms with Gasteiger partial charge in [-0.15, -0.1) is 0 Å². The molecular formula is C16H14N4O3S. The minimum Gasteiger partial charge on any atom is -0.464 e. The molecule has 1 unspecified atom stereocenters. The summed E-state index contributed by atoms with van der Waals surface area (Å²) in [5.74, 6) is 0.138. The van der Waals surface area contributed by atoms with Crippen LogP contribution in [-0.4, -0.2) is 22.8 Å². The molecule has 0 saturated carbocycles. The minimum atomic E-state index is -0.453. The zero-order valence-corrected chi connectivity index (χ0v) is 13.6. The zero-order valence-electron chi connectivity index (χ0n) is 12.7. The van der Waals surface area contributed by atoms with Gasteiger partial charge in [-0.25, -0.2) is 9.78 Å². The Hall–Kier alpha value is -2.92. The lowest BCUT2D eigenvalue weighted by Gasteiger charge is -2.20. The van der Waals surface area contributed by atoms with Crippen LogP contribution in [0.5, 0.6) is 0 Å². The number of carbonyl (C=O) groups is 1. The second kappa shape index (κ2) is 6.29. The number of hydrogen-bond donors (Lipinski definition) is 3. The van der Waals surface area contributed by atoms with Crippen LogP contribution in [-0.2, 0) is 9.53 Å². The fraction of sp³-hybridized carbons (Fsp3) is 0.188. The van der Waals surface area contributed by atoms with Crippen molar-refractivity contribution in [2.24, 2.45) is 0 Å². The lowest BCUT2D eigenvalue weighted by molar-refractivity contribution is -0.136. The van der Waals surface area contributed by atoms with Gasteiger partial charge in [0.15, 0.2) is 0 Å². The van der Waals surface area contributed by atoms with Crippen molar-refractivity contribution in [2.75, 3.05) is 12.3 Å². The fourth-order valence-corrected chi connectivity index (χ4v) is 3.01. The number of nitrogens with one attached hydrogen (secondary N) is 1. The molecule has 4 rings (SSSR count). The van der Waals surface area contributed by atoms with Crippen LogP contribution in [0.15, 0.2) is 51.6 Å². The molecule has 8 heteroatoms. The highest BCUT2D eigenvalue weighted by Gasteiger charge is 2.36. The van der Waals surface area contributed by atoms with Gasteiger partial charge < -0.3 is 20.2 Å². The summed E-state index contributed by atoms with van der Waals surface area (Å²) < 4.78 is 9.93. The van der Waals surface area contributed by atoms with Crippen molar-refractivity contribution in [3.8, 4) is 6.07 Å². The Kier molecular flexibility index (Phi) is 4.18. The summed E-state index contributed by atoms with van der Waals surface area (Å²) in [7, 11) is 0. The number of furan rings is 1. The SMILES string of the molecule is CC1=C(C#N)C(S)C2=C(COC2=O)N1.Nc1nccc2occc12. The van der Waals surface area contributed by atoms with E-state index in [1.807, 2.05) is 6.07 Å². The summed E-state index contributed by atoms with van der Waals surface area (Å²) >= 11 is 4.25. The number of rotatable bonds is 0. The number of anilines is 1. The molecule has 0 spiro atoms. The highest BCUT2D eigenvalue weighted by atomic mass is 32.1. The van der Waals surface area contributed by atoms with Gasteiger partial charge >= 0.3 is 5.97 Å². The molecule has 0 aliphatic carbocycles. The Bertz CT molecular complexity index is 923. The third-order valence-corrected chi connectivity index (χ3v) is 4.23. The van der Waals surface area contributed by atoms with Gasteiger partial charge in [0.2, 0.25) is 0 Å². The lowest BCUT2D eigenvalue weighted by Crippen LogP contribution is -2.26. The molecule has 2 aliphatic heterocycles. The molecule has 2 aliphatic rings. The molecule has 4 heterocycles. The smallest absolute Gasteiger partial charge is 0.337 e. The van der Waals surface area contributed by atoms with Crippen LogP contribution < -0.4 is 11.1 Å². The Morgan fingerprint density at radius 1 is 1.50 bits per heavy atom. The van der Waals surface area contributed by atoms with Gasteiger partial charge in [-0.05, 0) is 19.1 Å². The lowest BCUT2D eigenvalue weighted by atomic mass is 9.99. The van der Waals surface area contributed by atoms with Crippen LogP contribution in [0.2, 0.25) is 0 Å². The molecule has 122 valence electrons. The number of cyclic esters (lactones) is 1. The Balaban J connectivity index is 0.000000149. The Morgan fingerprint density at radius 3 is 3.00 bits per heavy atom. The van der Waals surface area contributed by atoms with E-state index < -0.39 is 5.25 Å². The molecule has 0 aromatic carbocycles. The summed E-state index contributed by atoms with van der Waals surface area (Å²) in [6.07, 6.45) is 3.23. The van der Waals surface area contributed by atoms with Crippen LogP contribution in [0.4, 0.5) is 5.82 Å². The average molecular weight is 342 g/mol. The second-order valence-electron chi connectivity index (χ2n) is 5.17. The maximum absolute atomic E-state index is 11.3. The van der Waals surface area contributed by atoms with E-state index in [4.69, 9.17) is 20.1 Å². The first-order valence-corrected chi connectivity index (χ1v) is 7.58. The summed E-state index contributed by atoms with van der Waals surface area (Å²) in [5, 5.41) is 12.3. The molecule has 0 saturated heterocycles. The molecule has 2 aromatic rings. The van der Waals surface area contributed by atoms with Gasteiger partial charge in [0.25, 0.3) is 0 Å². The van der Waals surface area contributed by atoms with E-state index in [0.29, 0.717) is 17.0 Å². The number of dihydropyridines is 1. The number of esters is 1. The Morgan fingerprint density at radius 2 is 2.29 bits per heavy atom. The molecule has 0 bridgehead atoms. The van der Waals surface area contributed by atoms with Crippen molar-refractivity contribution in [1.29, 1.82) is 5.26 Å². The van der Waals surface area contributed by atoms with Gasteiger partial charge in [-0.2, -0.15) is 17.9 Å². The van der Waals surface area contributed by atoms with Crippen molar-refractivity contribution in [1.82, 2.24) is 10.3 Å². The quantitative estimate of drug-likeness (QED) is 0.495. The molecule has 1 atom stereocenters. The zero-order chi connectivity index (χ0) is 17.3. The summed E-state index contributed by atoms with van der Waals surface area (Å²) in [6, 6.07) is 5.62. The number of nitriles is 1. The van der Waals surface area contributed by atoms with E-state index in [1.54, 1.807) is 31.5 Å². The van der Waals surface area contributed by atoms with Crippen LogP contribution in [0.3, 0.4) is 0 Å². The number of ether oxygens (including phenoxy) is 1. The van der Waals surface area contributed by atoms with Gasteiger partial charge in [0.05, 0.1) is 39.8 Å². The predicted molar refractivity (Wildman–Crippen MR) is 90.6 cm³/mol. The van der Waals surface area contributed by atoms with Crippen molar-refractivity contribution >= 4 is 35.4 Å². The summed E-state index contributed by atoms with van der Waals surface area (Å²) in [4.78, 5) is 15.2. The molecular weight excluding hydrogens is 328 g/mol. The van der Waals surface area contributed by atoms with E-state index in [0.717, 1.165) is 22.4 Å². The highest BCUT2D eigenvalue weighted by molar-refractivity contribution is 7.81. The molecule has 24 heavy (non-hydrogen) atoms. The predicted octanol–water partition coefficient (Wildman–Crippen LogP) is 1.91. The normalized spacial score (nSPS) is 19.2. The van der Waals surface area contributed by atoms with E-state index in [2.05, 4.69) is 22.9 Å². The number of pyridine rings is 1. The second-order valence-corrected chi connectivity index (χ2v) is 5.69. The molecule has 0 radical (unpaired) electrons. The largest absolute Gasteiger partial charge is 0.464 e. The fourth-order valence-electron chi connectivity index (χ4n) is 2.50. The van der Waals surface area contributed by atoms with Gasteiger partial charge in [-0.1, -0.05) is 0 Å². The van der Waals surface area contributed by atoms with Crippen LogP contribution in [0.25, 0.3) is 11.0 Å². The maximum Gasteiger partial charge on any atom is 0.337 e. The number of nitrogens with two attached hydrogens (primary N) is 1. The standard InChI is InChI=1S/C9H8N2O2S.C7H6N2O/c1-4-5(2-10)8(14)7-6(11-4)3-13-9(7)12;8-7-5-2-4-10-6(5)1-3-9-7/h8,11,14H,3H2,1H3;1-4H,(H2,8,9). The first-order chi connectivity index (χ1) is 11.5. The minimum absolute atomic E-state index is 0.251. The van der Waals surface area contributed by atoms with E-state index in [1.165, 1.54) is 0 Å². The van der Waals surface area contributed by atoms with E-state index in [-0.39, 0.29) is 12.6 Å². The monoisotopic (exact) mass is 342 g/mol. The number of allylic oxidation sites excluding steroid dienone is 1. The third-order valence-electron chi connectivity index (χ3n) is 3.71. The number of carbonyl (C=O) groups excluding carboxylic acids is 1. The van der Waals surface area contributed by atoms with Crippen LogP contribution in [0.1, 0.15) is 6.92 Å². The van der Waals surface area contributed by atoms with Gasteiger partial charge in [0.1, 0.15) is 18.0 Å². The number of fused-ring (bicyclic) bond motifs is 1. The van der Waals surface area contributed by atoms with Gasteiger partial charge in [0, 0.05) is 11.9 Å². The first-order valence-electron chi connectivity index (χ1n) is 7.06. The highest BCUT2D eigenvalue weighted by Crippen LogP contribution is 2.31. The first kappa shape index (κ1) is 16.0. The van der Waals surface area contributed by atoms with Crippen LogP contribution >= 0.6 is 12.6 Å². The average Bonchev–Trinajstić information content (AvgIpc) is 3.16.